The number of nitrogens with zero attached hydrogens (tertiary/aromatic N) is 1. The predicted molar refractivity (Wildman–Crippen MR) is 99.5 cm³/mol. The van der Waals surface area contributed by atoms with E-state index in [1.807, 2.05) is 0 Å². The SMILES string of the molecule is CCCCCCc1ccc(Cc2sc(=S)n(CC(=O)O)c2O)cc1. The fourth-order valence-electron chi connectivity index (χ4n) is 2.60. The van der Waals surface area contributed by atoms with Crippen LogP contribution in [0.15, 0.2) is 24.3 Å². The fourth-order valence-corrected chi connectivity index (χ4v) is 3.96. The Morgan fingerprint density at radius 2 is 1.83 bits per heavy atom. The highest BCUT2D eigenvalue weighted by Gasteiger charge is 2.14. The Kier molecular flexibility index (Phi) is 6.99. The summed E-state index contributed by atoms with van der Waals surface area (Å²) in [5, 5.41) is 19.1. The van der Waals surface area contributed by atoms with Crippen molar-refractivity contribution in [3.8, 4) is 5.88 Å². The van der Waals surface area contributed by atoms with Crippen LogP contribution < -0.4 is 0 Å². The number of carboxylic acid groups (broad SMARTS) is 1. The average molecular weight is 366 g/mol. The second kappa shape index (κ2) is 8.99. The molecule has 0 aliphatic heterocycles. The first-order valence-electron chi connectivity index (χ1n) is 8.22. The first-order chi connectivity index (χ1) is 11.5. The lowest BCUT2D eigenvalue weighted by molar-refractivity contribution is -0.137. The molecule has 0 spiro atoms. The third-order valence-electron chi connectivity index (χ3n) is 3.94. The van der Waals surface area contributed by atoms with Gasteiger partial charge in [0.2, 0.25) is 5.88 Å². The summed E-state index contributed by atoms with van der Waals surface area (Å²) in [6, 6.07) is 8.40. The number of carboxylic acids is 1. The van der Waals surface area contributed by atoms with Crippen LogP contribution >= 0.6 is 23.6 Å². The van der Waals surface area contributed by atoms with Crippen molar-refractivity contribution in [3.63, 3.8) is 0 Å². The molecule has 1 heterocycles. The Morgan fingerprint density at radius 1 is 1.17 bits per heavy atom. The van der Waals surface area contributed by atoms with Gasteiger partial charge in [-0.25, -0.2) is 0 Å². The molecule has 0 bridgehead atoms. The lowest BCUT2D eigenvalue weighted by Gasteiger charge is -2.05. The van der Waals surface area contributed by atoms with Crippen molar-refractivity contribution >= 4 is 29.5 Å². The van der Waals surface area contributed by atoms with Crippen molar-refractivity contribution in [2.45, 2.75) is 52.0 Å². The second-order valence-electron chi connectivity index (χ2n) is 5.90. The second-order valence-corrected chi connectivity index (χ2v) is 7.63. The summed E-state index contributed by atoms with van der Waals surface area (Å²) < 4.78 is 1.65. The van der Waals surface area contributed by atoms with Crippen LogP contribution in [0.25, 0.3) is 0 Å². The summed E-state index contributed by atoms with van der Waals surface area (Å²) in [5.41, 5.74) is 2.41. The van der Waals surface area contributed by atoms with E-state index in [-0.39, 0.29) is 12.4 Å². The molecule has 4 nitrogen and oxygen atoms in total. The zero-order chi connectivity index (χ0) is 17.5. The van der Waals surface area contributed by atoms with Gasteiger partial charge in [-0.3, -0.25) is 9.36 Å². The first kappa shape index (κ1) is 18.7. The van der Waals surface area contributed by atoms with Crippen LogP contribution in [0.5, 0.6) is 5.88 Å². The van der Waals surface area contributed by atoms with E-state index < -0.39 is 5.97 Å². The van der Waals surface area contributed by atoms with E-state index in [4.69, 9.17) is 17.3 Å². The normalized spacial score (nSPS) is 10.9. The van der Waals surface area contributed by atoms with Gasteiger partial charge in [-0.1, -0.05) is 50.5 Å². The highest BCUT2D eigenvalue weighted by Crippen LogP contribution is 2.28. The Balaban J connectivity index is 2.01. The van der Waals surface area contributed by atoms with E-state index in [1.54, 1.807) is 0 Å². The number of carbonyl (C=O) groups is 1. The number of unbranched alkanes of at least 4 members (excludes halogenated alkanes) is 3. The maximum Gasteiger partial charge on any atom is 0.323 e. The number of thiazole rings is 1. The molecule has 1 aromatic carbocycles. The Morgan fingerprint density at radius 3 is 2.46 bits per heavy atom. The van der Waals surface area contributed by atoms with E-state index >= 15 is 0 Å². The quantitative estimate of drug-likeness (QED) is 0.496. The van der Waals surface area contributed by atoms with Gasteiger partial charge in [0.1, 0.15) is 6.54 Å². The lowest BCUT2D eigenvalue weighted by Crippen LogP contribution is -2.08. The van der Waals surface area contributed by atoms with Crippen molar-refractivity contribution < 1.29 is 15.0 Å². The van der Waals surface area contributed by atoms with Crippen molar-refractivity contribution in [1.29, 1.82) is 0 Å². The van der Waals surface area contributed by atoms with E-state index in [1.165, 1.54) is 47.2 Å². The number of aryl methyl sites for hydroxylation is 1. The molecule has 2 N–H and O–H groups in total. The smallest absolute Gasteiger partial charge is 0.323 e. The molecule has 0 radical (unpaired) electrons. The van der Waals surface area contributed by atoms with Crippen molar-refractivity contribution in [2.24, 2.45) is 0 Å². The molecule has 0 amide bonds. The summed E-state index contributed by atoms with van der Waals surface area (Å²) in [7, 11) is 0. The summed E-state index contributed by atoms with van der Waals surface area (Å²) >= 11 is 6.41. The molecule has 24 heavy (non-hydrogen) atoms. The predicted octanol–water partition coefficient (Wildman–Crippen LogP) is 4.78. The molecule has 0 aliphatic carbocycles. The van der Waals surface area contributed by atoms with Gasteiger partial charge in [-0.15, -0.1) is 11.3 Å². The van der Waals surface area contributed by atoms with Crippen molar-refractivity contribution in [2.75, 3.05) is 0 Å². The maximum absolute atomic E-state index is 10.8. The Hall–Kier alpha value is -1.66. The third-order valence-corrected chi connectivity index (χ3v) is 5.37. The number of aliphatic carboxylic acids is 1. The Bertz CT molecular complexity index is 732. The van der Waals surface area contributed by atoms with E-state index in [0.29, 0.717) is 15.3 Å². The number of aromatic hydroxyl groups is 1. The van der Waals surface area contributed by atoms with Crippen molar-refractivity contribution in [3.05, 3.63) is 44.2 Å². The van der Waals surface area contributed by atoms with Crippen LogP contribution in [-0.2, 0) is 24.2 Å². The summed E-state index contributed by atoms with van der Waals surface area (Å²) in [6.07, 6.45) is 6.67. The monoisotopic (exact) mass is 365 g/mol. The van der Waals surface area contributed by atoms with Crippen LogP contribution in [-0.4, -0.2) is 20.7 Å². The average Bonchev–Trinajstić information content (AvgIpc) is 2.80. The van der Waals surface area contributed by atoms with Gasteiger partial charge >= 0.3 is 5.97 Å². The topological polar surface area (TPSA) is 62.5 Å². The largest absolute Gasteiger partial charge is 0.494 e. The van der Waals surface area contributed by atoms with Gasteiger partial charge < -0.3 is 10.2 Å². The molecular formula is C18H23NO3S2. The number of hydrogen-bond acceptors (Lipinski definition) is 4. The van der Waals surface area contributed by atoms with Crippen LogP contribution in [0.2, 0.25) is 0 Å². The zero-order valence-electron chi connectivity index (χ0n) is 13.8. The highest BCUT2D eigenvalue weighted by molar-refractivity contribution is 7.73. The lowest BCUT2D eigenvalue weighted by atomic mass is 10.0. The van der Waals surface area contributed by atoms with Gasteiger partial charge in [0.05, 0.1) is 4.88 Å². The number of benzene rings is 1. The minimum absolute atomic E-state index is 0.0314. The minimum Gasteiger partial charge on any atom is -0.494 e. The summed E-state index contributed by atoms with van der Waals surface area (Å²) in [4.78, 5) is 11.5. The molecule has 0 atom stereocenters. The first-order valence-corrected chi connectivity index (χ1v) is 9.44. The maximum atomic E-state index is 10.8. The van der Waals surface area contributed by atoms with Gasteiger partial charge in [0.15, 0.2) is 3.95 Å². The molecule has 2 rings (SSSR count). The van der Waals surface area contributed by atoms with Crippen molar-refractivity contribution in [1.82, 2.24) is 4.57 Å². The van der Waals surface area contributed by atoms with Gasteiger partial charge in [-0.05, 0) is 36.2 Å². The molecule has 0 fully saturated rings. The molecule has 0 aliphatic rings. The van der Waals surface area contributed by atoms with E-state index in [9.17, 15) is 9.90 Å². The number of rotatable bonds is 9. The van der Waals surface area contributed by atoms with Crippen LogP contribution in [0.3, 0.4) is 0 Å². The van der Waals surface area contributed by atoms with Crippen LogP contribution in [0.4, 0.5) is 0 Å². The van der Waals surface area contributed by atoms with E-state index in [0.717, 1.165) is 12.0 Å². The highest BCUT2D eigenvalue weighted by atomic mass is 32.1. The summed E-state index contributed by atoms with van der Waals surface area (Å²) in [5.74, 6) is -1.05. The molecule has 2 aromatic rings. The molecule has 130 valence electrons. The molecule has 0 saturated heterocycles. The fraction of sp³-hybridized carbons (Fsp3) is 0.444. The molecular weight excluding hydrogens is 342 g/mol. The molecule has 0 unspecified atom stereocenters. The Labute approximate surface area is 151 Å². The molecule has 0 saturated carbocycles. The van der Waals surface area contributed by atoms with Crippen LogP contribution in [0.1, 0.15) is 48.6 Å². The standard InChI is InChI=1S/C18H23NO3S2/c1-2-3-4-5-6-13-7-9-14(10-8-13)11-15-17(22)19(12-16(20)21)18(23)24-15/h7-10,22H,2-6,11-12H2,1H3,(H,20,21). The molecule has 1 aromatic heterocycles. The molecule has 6 heteroatoms. The van der Waals surface area contributed by atoms with Gasteiger partial charge in [0, 0.05) is 6.42 Å². The van der Waals surface area contributed by atoms with Gasteiger partial charge in [-0.2, -0.15) is 0 Å². The third kappa shape index (κ3) is 5.18. The zero-order valence-corrected chi connectivity index (χ0v) is 15.5. The van der Waals surface area contributed by atoms with Gasteiger partial charge in [0.25, 0.3) is 0 Å². The summed E-state index contributed by atoms with van der Waals surface area (Å²) in [6.45, 7) is 1.90. The van der Waals surface area contributed by atoms with Crippen LogP contribution in [0, 0.1) is 3.95 Å². The van der Waals surface area contributed by atoms with E-state index in [2.05, 4.69) is 31.2 Å². The number of hydrogen-bond donors (Lipinski definition) is 2. The minimum atomic E-state index is -1.02. The number of aromatic nitrogens is 1.